The Morgan fingerprint density at radius 3 is 2.61 bits per heavy atom. The Hall–Kier alpha value is -2.96. The summed E-state index contributed by atoms with van der Waals surface area (Å²) in [5.41, 5.74) is 7.42. The van der Waals surface area contributed by atoms with Gasteiger partial charge in [-0.25, -0.2) is 9.37 Å². The van der Waals surface area contributed by atoms with Crippen LogP contribution in [0.25, 0.3) is 0 Å². The standard InChI is InChI=1S/C21H25FN4O2/c1-4-5-16-12(2)26(13(3)27)18-8-6-14(21(23)28)10-17(18)20(16)25-19-9-7-15(22)11-24-19/h6-12,16,20H,4-5H2,1-3H3,(H2,23,28)(H,24,25). The van der Waals surface area contributed by atoms with E-state index in [0.29, 0.717) is 11.4 Å². The highest BCUT2D eigenvalue weighted by Gasteiger charge is 2.40. The van der Waals surface area contributed by atoms with Crippen LogP contribution in [-0.2, 0) is 4.79 Å². The second kappa shape index (κ2) is 7.96. The number of rotatable bonds is 5. The van der Waals surface area contributed by atoms with E-state index in [1.165, 1.54) is 6.07 Å². The number of fused-ring (bicyclic) bond motifs is 1. The van der Waals surface area contributed by atoms with Crippen LogP contribution in [0, 0.1) is 11.7 Å². The molecule has 0 saturated carbocycles. The monoisotopic (exact) mass is 384 g/mol. The van der Waals surface area contributed by atoms with Crippen LogP contribution in [0.1, 0.15) is 55.6 Å². The third kappa shape index (κ3) is 3.69. The van der Waals surface area contributed by atoms with Gasteiger partial charge in [0.1, 0.15) is 11.6 Å². The van der Waals surface area contributed by atoms with Gasteiger partial charge in [-0.2, -0.15) is 0 Å². The molecule has 3 rings (SSSR count). The molecule has 0 spiro atoms. The smallest absolute Gasteiger partial charge is 0.248 e. The zero-order valence-corrected chi connectivity index (χ0v) is 16.3. The van der Waals surface area contributed by atoms with Gasteiger partial charge < -0.3 is 16.0 Å². The predicted octanol–water partition coefficient (Wildman–Crippen LogP) is 3.64. The van der Waals surface area contributed by atoms with Crippen LogP contribution in [-0.4, -0.2) is 22.8 Å². The lowest BCUT2D eigenvalue weighted by atomic mass is 9.78. The highest BCUT2D eigenvalue weighted by atomic mass is 19.1. The maximum atomic E-state index is 13.3. The van der Waals surface area contributed by atoms with Gasteiger partial charge in [-0.15, -0.1) is 0 Å². The number of aromatic nitrogens is 1. The summed E-state index contributed by atoms with van der Waals surface area (Å²) in [5, 5.41) is 3.39. The number of nitrogens with zero attached hydrogens (tertiary/aromatic N) is 2. The molecule has 148 valence electrons. The Balaban J connectivity index is 2.13. The number of nitrogens with two attached hydrogens (primary N) is 1. The number of primary amides is 1. The quantitative estimate of drug-likeness (QED) is 0.824. The van der Waals surface area contributed by atoms with Gasteiger partial charge in [0.15, 0.2) is 0 Å². The van der Waals surface area contributed by atoms with Crippen molar-refractivity contribution in [2.45, 2.75) is 45.7 Å². The van der Waals surface area contributed by atoms with Gasteiger partial charge in [-0.1, -0.05) is 13.3 Å². The highest BCUT2D eigenvalue weighted by molar-refractivity contribution is 5.97. The SMILES string of the molecule is CCCC1C(Nc2ccc(F)cn2)c2cc(C(N)=O)ccc2N(C(C)=O)C1C. The molecular weight excluding hydrogens is 359 g/mol. The van der Waals surface area contributed by atoms with Crippen molar-refractivity contribution in [2.75, 3.05) is 10.2 Å². The van der Waals surface area contributed by atoms with E-state index in [1.54, 1.807) is 36.1 Å². The van der Waals surface area contributed by atoms with Crippen molar-refractivity contribution in [1.29, 1.82) is 0 Å². The largest absolute Gasteiger partial charge is 0.366 e. The van der Waals surface area contributed by atoms with Crippen LogP contribution < -0.4 is 16.0 Å². The fourth-order valence-electron chi connectivity index (χ4n) is 4.10. The van der Waals surface area contributed by atoms with Gasteiger partial charge in [0.05, 0.1) is 12.2 Å². The normalized spacial score (nSPS) is 21.1. The van der Waals surface area contributed by atoms with Crippen LogP contribution in [0.5, 0.6) is 0 Å². The first-order valence-corrected chi connectivity index (χ1v) is 9.45. The average molecular weight is 384 g/mol. The molecule has 2 heterocycles. The van der Waals surface area contributed by atoms with Crippen molar-refractivity contribution in [1.82, 2.24) is 4.98 Å². The van der Waals surface area contributed by atoms with E-state index in [4.69, 9.17) is 5.73 Å². The summed E-state index contributed by atoms with van der Waals surface area (Å²) in [4.78, 5) is 30.0. The third-order valence-electron chi connectivity index (χ3n) is 5.35. The van der Waals surface area contributed by atoms with Crippen molar-refractivity contribution in [3.05, 3.63) is 53.5 Å². The number of amides is 2. The molecule has 2 amide bonds. The second-order valence-electron chi connectivity index (χ2n) is 7.20. The number of nitrogens with one attached hydrogen (secondary N) is 1. The Bertz CT molecular complexity index is 884. The van der Waals surface area contributed by atoms with E-state index in [0.717, 1.165) is 30.3 Å². The maximum absolute atomic E-state index is 13.3. The number of pyridine rings is 1. The average Bonchev–Trinajstić information content (AvgIpc) is 2.65. The molecule has 1 aromatic heterocycles. The second-order valence-corrected chi connectivity index (χ2v) is 7.20. The molecule has 0 radical (unpaired) electrons. The molecule has 7 heteroatoms. The third-order valence-corrected chi connectivity index (χ3v) is 5.35. The molecule has 0 fully saturated rings. The van der Waals surface area contributed by atoms with E-state index < -0.39 is 11.7 Å². The molecule has 0 bridgehead atoms. The van der Waals surface area contributed by atoms with Crippen LogP contribution in [0.4, 0.5) is 15.9 Å². The number of carbonyl (C=O) groups is 2. The highest BCUT2D eigenvalue weighted by Crippen LogP contribution is 2.44. The summed E-state index contributed by atoms with van der Waals surface area (Å²) in [6, 6.07) is 7.82. The summed E-state index contributed by atoms with van der Waals surface area (Å²) in [6.07, 6.45) is 2.96. The zero-order chi connectivity index (χ0) is 20.4. The fraction of sp³-hybridized carbons (Fsp3) is 0.381. The molecule has 2 aromatic rings. The summed E-state index contributed by atoms with van der Waals surface area (Å²) < 4.78 is 13.3. The Morgan fingerprint density at radius 1 is 1.29 bits per heavy atom. The van der Waals surface area contributed by atoms with Crippen LogP contribution in [0.3, 0.4) is 0 Å². The molecule has 3 atom stereocenters. The van der Waals surface area contributed by atoms with Crippen molar-refractivity contribution >= 4 is 23.3 Å². The van der Waals surface area contributed by atoms with E-state index >= 15 is 0 Å². The number of hydrogen-bond donors (Lipinski definition) is 2. The Labute approximate surface area is 163 Å². The van der Waals surface area contributed by atoms with Gasteiger partial charge in [0, 0.05) is 30.1 Å². The molecule has 3 N–H and O–H groups in total. The van der Waals surface area contributed by atoms with Gasteiger partial charge >= 0.3 is 0 Å². The minimum absolute atomic E-state index is 0.0534. The molecule has 1 aliphatic heterocycles. The molecule has 1 aromatic carbocycles. The lowest BCUT2D eigenvalue weighted by molar-refractivity contribution is -0.117. The van der Waals surface area contributed by atoms with E-state index in [2.05, 4.69) is 17.2 Å². The van der Waals surface area contributed by atoms with Crippen LogP contribution in [0.15, 0.2) is 36.5 Å². The lowest BCUT2D eigenvalue weighted by Gasteiger charge is -2.45. The first-order valence-electron chi connectivity index (χ1n) is 9.45. The van der Waals surface area contributed by atoms with Gasteiger partial charge in [0.25, 0.3) is 0 Å². The zero-order valence-electron chi connectivity index (χ0n) is 16.3. The first kappa shape index (κ1) is 19.8. The van der Waals surface area contributed by atoms with Gasteiger partial charge in [-0.05, 0) is 49.2 Å². The summed E-state index contributed by atoms with van der Waals surface area (Å²) in [7, 11) is 0. The number of hydrogen-bond acceptors (Lipinski definition) is 4. The number of carbonyl (C=O) groups excluding carboxylic acids is 2. The Kier molecular flexibility index (Phi) is 5.63. The molecular formula is C21H25FN4O2. The molecule has 6 nitrogen and oxygen atoms in total. The molecule has 28 heavy (non-hydrogen) atoms. The Morgan fingerprint density at radius 2 is 2.04 bits per heavy atom. The topological polar surface area (TPSA) is 88.3 Å². The summed E-state index contributed by atoms with van der Waals surface area (Å²) >= 11 is 0. The molecule has 0 saturated heterocycles. The number of anilines is 2. The van der Waals surface area contributed by atoms with Crippen molar-refractivity contribution < 1.29 is 14.0 Å². The van der Waals surface area contributed by atoms with Crippen LogP contribution >= 0.6 is 0 Å². The van der Waals surface area contributed by atoms with Gasteiger partial charge in [-0.3, -0.25) is 9.59 Å². The maximum Gasteiger partial charge on any atom is 0.248 e. The van der Waals surface area contributed by atoms with E-state index in [9.17, 15) is 14.0 Å². The molecule has 3 unspecified atom stereocenters. The number of halogens is 1. The van der Waals surface area contributed by atoms with Crippen molar-refractivity contribution in [3.8, 4) is 0 Å². The first-order chi connectivity index (χ1) is 13.3. The van der Waals surface area contributed by atoms with Crippen molar-refractivity contribution in [2.24, 2.45) is 11.7 Å². The minimum Gasteiger partial charge on any atom is -0.366 e. The fourth-order valence-corrected chi connectivity index (χ4v) is 4.10. The number of benzene rings is 1. The van der Waals surface area contributed by atoms with E-state index in [-0.39, 0.29) is 23.9 Å². The summed E-state index contributed by atoms with van der Waals surface area (Å²) in [5.74, 6) is -0.379. The minimum atomic E-state index is -0.526. The molecule has 0 aliphatic carbocycles. The summed E-state index contributed by atoms with van der Waals surface area (Å²) in [6.45, 7) is 5.66. The van der Waals surface area contributed by atoms with Gasteiger partial charge in [0.2, 0.25) is 11.8 Å². The van der Waals surface area contributed by atoms with Crippen molar-refractivity contribution in [3.63, 3.8) is 0 Å². The lowest BCUT2D eigenvalue weighted by Crippen LogP contribution is -2.49. The predicted molar refractivity (Wildman–Crippen MR) is 107 cm³/mol. The molecule has 1 aliphatic rings. The van der Waals surface area contributed by atoms with Crippen LogP contribution in [0.2, 0.25) is 0 Å². The van der Waals surface area contributed by atoms with E-state index in [1.807, 2.05) is 6.92 Å².